The zero-order valence-electron chi connectivity index (χ0n) is 22.3. The molecule has 11 rings (SSSR count). The van der Waals surface area contributed by atoms with E-state index in [4.69, 9.17) is 9.47 Å². The van der Waals surface area contributed by atoms with Crippen LogP contribution in [0.2, 0.25) is 0 Å². The first-order valence-corrected chi connectivity index (χ1v) is 15.6. The average molecular weight is 568 g/mol. The molecule has 10 heteroatoms. The average Bonchev–Trinajstić information content (AvgIpc) is 2.87. The molecular weight excluding hydrogens is 530 g/mol. The fourth-order valence-electron chi connectivity index (χ4n) is 13.0. The van der Waals surface area contributed by atoms with Gasteiger partial charge < -0.3 is 14.7 Å². The Morgan fingerprint density at radius 2 is 1.56 bits per heavy atom. The molecule has 0 aromatic heterocycles. The zero-order valence-corrected chi connectivity index (χ0v) is 23.1. The van der Waals surface area contributed by atoms with Crippen molar-refractivity contribution in [3.63, 3.8) is 0 Å². The minimum absolute atomic E-state index is 0.00550. The van der Waals surface area contributed by atoms with Gasteiger partial charge in [-0.1, -0.05) is 6.92 Å². The Kier molecular flexibility index (Phi) is 5.34. The Bertz CT molecular complexity index is 1060. The van der Waals surface area contributed by atoms with Gasteiger partial charge in [-0.2, -0.15) is 13.1 Å². The molecule has 0 radical (unpaired) electrons. The van der Waals surface area contributed by atoms with E-state index in [0.717, 1.165) is 69.1 Å². The smallest absolute Gasteiger partial charge is 0.415 e. The quantitative estimate of drug-likeness (QED) is 0.176. The molecule has 6 unspecified atom stereocenters. The third-order valence-corrected chi connectivity index (χ3v) is 13.9. The normalized spacial score (nSPS) is 53.4. The fraction of sp³-hybridized carbons (Fsp3) is 0.931. The lowest BCUT2D eigenvalue weighted by molar-refractivity contribution is -0.777. The Labute approximate surface area is 231 Å². The number of hydrogen-bond donors (Lipinski definition) is 0. The molecule has 0 aromatic rings. The van der Waals surface area contributed by atoms with Crippen LogP contribution in [0.3, 0.4) is 0 Å². The molecule has 11 saturated carbocycles. The van der Waals surface area contributed by atoms with Gasteiger partial charge in [0.1, 0.15) is 17.6 Å². The van der Waals surface area contributed by atoms with Crippen molar-refractivity contribution >= 4 is 24.0 Å². The lowest BCUT2D eigenvalue weighted by Crippen LogP contribution is -2.71. The third-order valence-electron chi connectivity index (χ3n) is 13.4. The molecule has 11 fully saturated rings. The van der Waals surface area contributed by atoms with Gasteiger partial charge in [-0.05, 0) is 130 Å². The maximum Gasteiger partial charge on any atom is 0.415 e. The molecule has 6 atom stereocenters. The zero-order chi connectivity index (χ0) is 27.0. The first-order valence-electron chi connectivity index (χ1n) is 14.9. The standard InChI is InChI=1S/C29H38F2O7S/c1-25-5-15-3-18-20-10-27(11-21(18)25,12-22(25)19(20)4-15)23(32)36-28-8-16-2-17(9-28)7-26(6-16,13-28)14-35-24(33)29(30,31)39-38-37-34/h15-22,34H,2-14H2,1H3/p-1. The number of esters is 2. The van der Waals surface area contributed by atoms with Gasteiger partial charge >= 0.3 is 17.2 Å². The van der Waals surface area contributed by atoms with Crippen LogP contribution >= 0.6 is 12.0 Å². The number of carbonyl (C=O) groups is 2. The van der Waals surface area contributed by atoms with Crippen LogP contribution < -0.4 is 5.26 Å². The van der Waals surface area contributed by atoms with Crippen LogP contribution in [-0.4, -0.2) is 29.4 Å². The molecule has 216 valence electrons. The third kappa shape index (κ3) is 3.56. The first kappa shape index (κ1) is 25.7. The molecule has 11 aliphatic rings. The first-order chi connectivity index (χ1) is 18.5. The number of hydrogen-bond acceptors (Lipinski definition) is 8. The van der Waals surface area contributed by atoms with Crippen molar-refractivity contribution in [3.8, 4) is 0 Å². The predicted molar refractivity (Wildman–Crippen MR) is 131 cm³/mol. The molecule has 0 heterocycles. The molecule has 0 spiro atoms. The maximum absolute atomic E-state index is 14.3. The van der Waals surface area contributed by atoms with Crippen molar-refractivity contribution in [2.45, 2.75) is 94.8 Å². The van der Waals surface area contributed by atoms with Crippen molar-refractivity contribution in [1.82, 2.24) is 0 Å². The highest BCUT2D eigenvalue weighted by molar-refractivity contribution is 7.96. The van der Waals surface area contributed by atoms with Gasteiger partial charge in [-0.15, -0.1) is 0 Å². The van der Waals surface area contributed by atoms with Crippen LogP contribution in [0.4, 0.5) is 8.78 Å². The summed E-state index contributed by atoms with van der Waals surface area (Å²) >= 11 is -0.665. The van der Waals surface area contributed by atoms with E-state index in [1.807, 2.05) is 0 Å². The molecule has 39 heavy (non-hydrogen) atoms. The van der Waals surface area contributed by atoms with Crippen molar-refractivity contribution in [3.05, 3.63) is 0 Å². The van der Waals surface area contributed by atoms with E-state index >= 15 is 0 Å². The largest absolute Gasteiger partial charge is 0.691 e. The summed E-state index contributed by atoms with van der Waals surface area (Å²) in [6, 6.07) is 0. The molecular formula is C29H37F2O7S-. The summed E-state index contributed by atoms with van der Waals surface area (Å²) in [4.78, 5) is 26.4. The lowest BCUT2D eigenvalue weighted by Gasteiger charge is -2.76. The summed E-state index contributed by atoms with van der Waals surface area (Å²) < 4.78 is 43.5. The second-order valence-corrected chi connectivity index (χ2v) is 16.3. The maximum atomic E-state index is 14.3. The predicted octanol–water partition coefficient (Wildman–Crippen LogP) is 4.97. The van der Waals surface area contributed by atoms with Crippen LogP contribution in [0.25, 0.3) is 0 Å². The Balaban J connectivity index is 0.999. The Hall–Kier alpha value is -0.970. The van der Waals surface area contributed by atoms with Gasteiger partial charge in [0, 0.05) is 5.41 Å². The number of carbonyl (C=O) groups excluding carboxylic acids is 2. The van der Waals surface area contributed by atoms with Crippen LogP contribution in [0, 0.1) is 63.6 Å². The molecule has 0 amide bonds. The summed E-state index contributed by atoms with van der Waals surface area (Å²) in [7, 11) is 0. The fourth-order valence-corrected chi connectivity index (χ4v) is 13.3. The lowest BCUT2D eigenvalue weighted by atomic mass is 9.29. The number of halogens is 2. The summed E-state index contributed by atoms with van der Waals surface area (Å²) in [5, 5.41) is 8.83. The minimum Gasteiger partial charge on any atom is -0.691 e. The van der Waals surface area contributed by atoms with Gasteiger partial charge in [-0.3, -0.25) is 9.83 Å². The number of rotatable bonds is 8. The highest BCUT2D eigenvalue weighted by atomic mass is 32.2. The summed E-state index contributed by atoms with van der Waals surface area (Å²) in [5.74, 6) is 3.39. The van der Waals surface area contributed by atoms with E-state index in [2.05, 4.69) is 16.3 Å². The summed E-state index contributed by atoms with van der Waals surface area (Å²) in [6.45, 7) is 2.38. The number of ether oxygens (including phenoxy) is 2. The van der Waals surface area contributed by atoms with Crippen molar-refractivity contribution in [1.29, 1.82) is 0 Å². The molecule has 0 aromatic carbocycles. The SMILES string of the molecule is CC12CC3CC4C5CC(C(=O)OC67CC8CC(CC(COC(=O)C(F)(F)SOO[O-])(C8)C6)C7)(CC41)CC2C5C3. The second-order valence-electron chi connectivity index (χ2n) is 15.5. The topological polar surface area (TPSA) is 94.1 Å². The van der Waals surface area contributed by atoms with Crippen LogP contribution in [0.1, 0.15) is 84.0 Å². The van der Waals surface area contributed by atoms with E-state index < -0.39 is 34.3 Å². The van der Waals surface area contributed by atoms with Crippen LogP contribution in [0.5, 0.6) is 0 Å². The van der Waals surface area contributed by atoms with Gasteiger partial charge in [0.25, 0.3) is 0 Å². The highest BCUT2D eigenvalue weighted by Gasteiger charge is 2.73. The van der Waals surface area contributed by atoms with Gasteiger partial charge in [0.2, 0.25) is 0 Å². The van der Waals surface area contributed by atoms with E-state index in [0.29, 0.717) is 41.4 Å². The van der Waals surface area contributed by atoms with Gasteiger partial charge in [0.15, 0.2) is 0 Å². The Morgan fingerprint density at radius 3 is 2.21 bits per heavy atom. The molecule has 7 nitrogen and oxygen atoms in total. The molecule has 12 bridgehead atoms. The van der Waals surface area contributed by atoms with Crippen LogP contribution in [-0.2, 0) is 28.4 Å². The molecule has 0 aliphatic heterocycles. The monoisotopic (exact) mass is 567 g/mol. The second kappa shape index (κ2) is 8.10. The summed E-state index contributed by atoms with van der Waals surface area (Å²) in [5.41, 5.74) is -1.02. The van der Waals surface area contributed by atoms with Gasteiger partial charge in [0.05, 0.1) is 12.0 Å². The van der Waals surface area contributed by atoms with Crippen LogP contribution in [0.15, 0.2) is 0 Å². The van der Waals surface area contributed by atoms with Crippen molar-refractivity contribution < 1.29 is 42.5 Å². The molecule has 11 aliphatic carbocycles. The molecule has 0 saturated heterocycles. The highest BCUT2D eigenvalue weighted by Crippen LogP contribution is 2.78. The summed E-state index contributed by atoms with van der Waals surface area (Å²) in [6.07, 6.45) is 11.8. The Morgan fingerprint density at radius 1 is 0.897 bits per heavy atom. The van der Waals surface area contributed by atoms with Crippen molar-refractivity contribution in [2.75, 3.05) is 6.61 Å². The van der Waals surface area contributed by atoms with E-state index in [-0.39, 0.29) is 18.0 Å². The van der Waals surface area contributed by atoms with Crippen molar-refractivity contribution in [2.24, 2.45) is 63.6 Å². The van der Waals surface area contributed by atoms with E-state index in [1.54, 1.807) is 0 Å². The van der Waals surface area contributed by atoms with E-state index in [9.17, 15) is 23.6 Å². The van der Waals surface area contributed by atoms with Gasteiger partial charge in [-0.25, -0.2) is 4.79 Å². The minimum atomic E-state index is -4.05. The molecule has 0 N–H and O–H groups in total. The number of alkyl halides is 2. The van der Waals surface area contributed by atoms with E-state index in [1.165, 1.54) is 19.3 Å².